The number of nitrogens with zero attached hydrogens (tertiary/aromatic N) is 1. The van der Waals surface area contributed by atoms with Crippen LogP contribution in [0.1, 0.15) is 32.1 Å². The molecule has 0 aromatic rings. The van der Waals surface area contributed by atoms with Gasteiger partial charge in [0.2, 0.25) is 5.91 Å². The third-order valence-electron chi connectivity index (χ3n) is 3.39. The number of hydrazine groups is 1. The number of piperidine rings is 1. The molecule has 4 nitrogen and oxygen atoms in total. The zero-order chi connectivity index (χ0) is 10.8. The number of hydrogen-bond acceptors (Lipinski definition) is 3. The smallest absolute Gasteiger partial charge is 0.234 e. The molecule has 0 radical (unpaired) electrons. The van der Waals surface area contributed by atoms with Gasteiger partial charge >= 0.3 is 0 Å². The summed E-state index contributed by atoms with van der Waals surface area (Å²) in [5.41, 5.74) is 2.81. The van der Waals surface area contributed by atoms with Crippen LogP contribution in [-0.2, 0) is 4.79 Å². The summed E-state index contributed by atoms with van der Waals surface area (Å²) in [5, 5.41) is 5.31. The monoisotopic (exact) mass is 211 g/mol. The summed E-state index contributed by atoms with van der Waals surface area (Å²) in [6.07, 6.45) is 5.65. The summed E-state index contributed by atoms with van der Waals surface area (Å²) < 4.78 is 0. The Morgan fingerprint density at radius 3 is 2.47 bits per heavy atom. The molecule has 2 saturated heterocycles. The summed E-state index contributed by atoms with van der Waals surface area (Å²) in [6.45, 7) is 0. The van der Waals surface area contributed by atoms with Gasteiger partial charge in [-0.2, -0.15) is 0 Å². The Hall–Kier alpha value is -0.610. The first-order chi connectivity index (χ1) is 7.13. The number of carbonyl (C=O) groups excluding carboxylic acids is 1. The molecule has 2 aliphatic rings. The van der Waals surface area contributed by atoms with E-state index in [1.807, 2.05) is 14.1 Å². The fourth-order valence-electron chi connectivity index (χ4n) is 2.90. The molecule has 2 unspecified atom stereocenters. The van der Waals surface area contributed by atoms with Gasteiger partial charge in [-0.1, -0.05) is 0 Å². The number of hydrogen-bond donors (Lipinski definition) is 2. The molecule has 15 heavy (non-hydrogen) atoms. The molecule has 0 aromatic heterocycles. The van der Waals surface area contributed by atoms with Gasteiger partial charge in [-0.3, -0.25) is 10.2 Å². The molecule has 2 fully saturated rings. The van der Waals surface area contributed by atoms with Crippen molar-refractivity contribution >= 4 is 5.91 Å². The first-order valence-electron chi connectivity index (χ1n) is 5.86. The SMILES string of the molecule is CN(C)NC(=O)CC1CC2CCC(C1)N2. The average molecular weight is 211 g/mol. The fourth-order valence-corrected chi connectivity index (χ4v) is 2.90. The van der Waals surface area contributed by atoms with Crippen molar-refractivity contribution in [2.24, 2.45) is 5.92 Å². The minimum atomic E-state index is 0.159. The van der Waals surface area contributed by atoms with E-state index in [0.29, 0.717) is 24.4 Å². The summed E-state index contributed by atoms with van der Waals surface area (Å²) in [5.74, 6) is 0.745. The van der Waals surface area contributed by atoms with Crippen molar-refractivity contribution in [2.75, 3.05) is 14.1 Å². The van der Waals surface area contributed by atoms with Gasteiger partial charge in [0.1, 0.15) is 0 Å². The molecule has 0 spiro atoms. The second kappa shape index (κ2) is 4.49. The van der Waals surface area contributed by atoms with Gasteiger partial charge in [-0.05, 0) is 31.6 Å². The highest BCUT2D eigenvalue weighted by Crippen LogP contribution is 2.32. The number of fused-ring (bicyclic) bond motifs is 2. The Kier molecular flexibility index (Phi) is 3.26. The lowest BCUT2D eigenvalue weighted by molar-refractivity contribution is -0.126. The number of rotatable bonds is 3. The van der Waals surface area contributed by atoms with E-state index in [2.05, 4.69) is 10.7 Å². The molecule has 2 bridgehead atoms. The summed E-state index contributed by atoms with van der Waals surface area (Å²) >= 11 is 0. The maximum absolute atomic E-state index is 11.6. The lowest BCUT2D eigenvalue weighted by Crippen LogP contribution is -2.41. The molecule has 86 valence electrons. The predicted octanol–water partition coefficient (Wildman–Crippen LogP) is 0.500. The zero-order valence-corrected chi connectivity index (χ0v) is 9.62. The predicted molar refractivity (Wildman–Crippen MR) is 59.1 cm³/mol. The second-order valence-electron chi connectivity index (χ2n) is 5.11. The van der Waals surface area contributed by atoms with Crippen LogP contribution in [0.4, 0.5) is 0 Å². The van der Waals surface area contributed by atoms with Gasteiger partial charge in [0.25, 0.3) is 0 Å². The molecule has 0 saturated carbocycles. The molecule has 4 heteroatoms. The minimum Gasteiger partial charge on any atom is -0.311 e. The fraction of sp³-hybridized carbons (Fsp3) is 0.909. The van der Waals surface area contributed by atoms with Gasteiger partial charge < -0.3 is 5.32 Å². The molecule has 2 heterocycles. The van der Waals surface area contributed by atoms with Crippen molar-refractivity contribution in [1.29, 1.82) is 0 Å². The third kappa shape index (κ3) is 2.92. The van der Waals surface area contributed by atoms with Crippen LogP contribution in [-0.4, -0.2) is 37.1 Å². The van der Waals surface area contributed by atoms with Gasteiger partial charge in [-0.15, -0.1) is 0 Å². The molecule has 0 aromatic carbocycles. The second-order valence-corrected chi connectivity index (χ2v) is 5.11. The molecule has 1 amide bonds. The van der Waals surface area contributed by atoms with E-state index in [0.717, 1.165) is 0 Å². The van der Waals surface area contributed by atoms with Gasteiger partial charge in [0.05, 0.1) is 0 Å². The van der Waals surface area contributed by atoms with Crippen LogP contribution in [0.5, 0.6) is 0 Å². The van der Waals surface area contributed by atoms with Crippen LogP contribution in [0, 0.1) is 5.92 Å². The topological polar surface area (TPSA) is 44.4 Å². The highest BCUT2D eigenvalue weighted by Gasteiger charge is 2.34. The quantitative estimate of drug-likeness (QED) is 0.668. The maximum Gasteiger partial charge on any atom is 0.234 e. The molecule has 2 rings (SSSR count). The van der Waals surface area contributed by atoms with Crippen molar-refractivity contribution < 1.29 is 4.79 Å². The molecule has 2 aliphatic heterocycles. The van der Waals surface area contributed by atoms with Crippen LogP contribution in [0.25, 0.3) is 0 Å². The van der Waals surface area contributed by atoms with E-state index in [9.17, 15) is 4.79 Å². The van der Waals surface area contributed by atoms with Crippen LogP contribution in [0.2, 0.25) is 0 Å². The molecular weight excluding hydrogens is 190 g/mol. The molecule has 2 atom stereocenters. The van der Waals surface area contributed by atoms with Crippen molar-refractivity contribution in [1.82, 2.24) is 15.8 Å². The van der Waals surface area contributed by atoms with Gasteiger partial charge in [0, 0.05) is 32.6 Å². The summed E-state index contributed by atoms with van der Waals surface area (Å²) in [4.78, 5) is 11.6. The summed E-state index contributed by atoms with van der Waals surface area (Å²) in [6, 6.07) is 1.36. The lowest BCUT2D eigenvalue weighted by atomic mass is 9.89. The van der Waals surface area contributed by atoms with Crippen molar-refractivity contribution in [3.8, 4) is 0 Å². The van der Waals surface area contributed by atoms with Crippen molar-refractivity contribution in [3.63, 3.8) is 0 Å². The standard InChI is InChI=1S/C11H21N3O/c1-14(2)13-11(15)7-8-5-9-3-4-10(6-8)12-9/h8-10,12H,3-7H2,1-2H3,(H,13,15). The van der Waals surface area contributed by atoms with E-state index < -0.39 is 0 Å². The average Bonchev–Trinajstić information content (AvgIpc) is 2.44. The highest BCUT2D eigenvalue weighted by molar-refractivity contribution is 5.75. The first-order valence-corrected chi connectivity index (χ1v) is 5.86. The largest absolute Gasteiger partial charge is 0.311 e. The van der Waals surface area contributed by atoms with E-state index in [1.165, 1.54) is 25.7 Å². The van der Waals surface area contributed by atoms with Crippen molar-refractivity contribution in [2.45, 2.75) is 44.2 Å². The van der Waals surface area contributed by atoms with Gasteiger partial charge in [-0.25, -0.2) is 5.01 Å². The van der Waals surface area contributed by atoms with E-state index >= 15 is 0 Å². The zero-order valence-electron chi connectivity index (χ0n) is 9.62. The molecular formula is C11H21N3O. The van der Waals surface area contributed by atoms with Crippen LogP contribution < -0.4 is 10.7 Å². The van der Waals surface area contributed by atoms with Crippen LogP contribution >= 0.6 is 0 Å². The Balaban J connectivity index is 1.78. The van der Waals surface area contributed by atoms with E-state index in [4.69, 9.17) is 0 Å². The normalized spacial score (nSPS) is 34.5. The number of carbonyl (C=O) groups is 1. The Morgan fingerprint density at radius 1 is 1.33 bits per heavy atom. The number of nitrogens with one attached hydrogen (secondary N) is 2. The Bertz CT molecular complexity index is 230. The third-order valence-corrected chi connectivity index (χ3v) is 3.39. The lowest BCUT2D eigenvalue weighted by Gasteiger charge is -2.28. The highest BCUT2D eigenvalue weighted by atomic mass is 16.2. The summed E-state index contributed by atoms with van der Waals surface area (Å²) in [7, 11) is 3.70. The van der Waals surface area contributed by atoms with Gasteiger partial charge in [0.15, 0.2) is 0 Å². The Morgan fingerprint density at radius 2 is 1.93 bits per heavy atom. The first kappa shape index (κ1) is 10.9. The number of amides is 1. The minimum absolute atomic E-state index is 0.159. The van der Waals surface area contributed by atoms with Crippen molar-refractivity contribution in [3.05, 3.63) is 0 Å². The van der Waals surface area contributed by atoms with E-state index in [-0.39, 0.29) is 5.91 Å². The molecule has 2 N–H and O–H groups in total. The maximum atomic E-state index is 11.6. The molecule has 0 aliphatic carbocycles. The van der Waals surface area contributed by atoms with Crippen LogP contribution in [0.15, 0.2) is 0 Å². The Labute approximate surface area is 91.4 Å². The van der Waals surface area contributed by atoms with E-state index in [1.54, 1.807) is 5.01 Å². The van der Waals surface area contributed by atoms with Crippen LogP contribution in [0.3, 0.4) is 0 Å².